The number of rotatable bonds is 6. The van der Waals surface area contributed by atoms with Gasteiger partial charge in [-0.05, 0) is 56.9 Å². The van der Waals surface area contributed by atoms with Gasteiger partial charge in [-0.3, -0.25) is 4.79 Å². The van der Waals surface area contributed by atoms with Crippen molar-refractivity contribution in [3.63, 3.8) is 0 Å². The molecule has 0 unspecified atom stereocenters. The van der Waals surface area contributed by atoms with Crippen molar-refractivity contribution in [2.24, 2.45) is 5.92 Å². The van der Waals surface area contributed by atoms with Crippen LogP contribution in [0.4, 0.5) is 0 Å². The molecule has 0 bridgehead atoms. The highest BCUT2D eigenvalue weighted by molar-refractivity contribution is 7.89. The van der Waals surface area contributed by atoms with E-state index >= 15 is 0 Å². The van der Waals surface area contributed by atoms with Crippen molar-refractivity contribution in [3.05, 3.63) is 24.3 Å². The number of hydrogen-bond donors (Lipinski definition) is 2. The Bertz CT molecular complexity index is 603. The van der Waals surface area contributed by atoms with Crippen LogP contribution >= 0.6 is 0 Å². The summed E-state index contributed by atoms with van der Waals surface area (Å²) in [5.74, 6) is -0.525. The van der Waals surface area contributed by atoms with Crippen molar-refractivity contribution < 1.29 is 23.1 Å². The Kier molecular flexibility index (Phi) is 5.42. The van der Waals surface area contributed by atoms with Crippen LogP contribution in [0.1, 0.15) is 32.6 Å². The van der Waals surface area contributed by atoms with Gasteiger partial charge in [-0.15, -0.1) is 0 Å². The van der Waals surface area contributed by atoms with Crippen LogP contribution in [0, 0.1) is 5.92 Å². The van der Waals surface area contributed by atoms with Gasteiger partial charge in [0.05, 0.1) is 17.4 Å². The van der Waals surface area contributed by atoms with Crippen molar-refractivity contribution in [3.8, 4) is 5.75 Å². The quantitative estimate of drug-likeness (QED) is 0.834. The Morgan fingerprint density at radius 2 is 1.82 bits per heavy atom. The zero-order valence-corrected chi connectivity index (χ0v) is 13.3. The highest BCUT2D eigenvalue weighted by Gasteiger charge is 2.28. The van der Waals surface area contributed by atoms with Gasteiger partial charge >= 0.3 is 5.97 Å². The zero-order chi connectivity index (χ0) is 16.2. The average Bonchev–Trinajstić information content (AvgIpc) is 2.48. The molecular formula is C15H21NO5S. The van der Waals surface area contributed by atoms with Gasteiger partial charge in [-0.2, -0.15) is 0 Å². The molecule has 0 atom stereocenters. The van der Waals surface area contributed by atoms with Crippen molar-refractivity contribution in [2.45, 2.75) is 43.5 Å². The van der Waals surface area contributed by atoms with E-state index in [9.17, 15) is 13.2 Å². The Labute approximate surface area is 130 Å². The summed E-state index contributed by atoms with van der Waals surface area (Å²) in [6.07, 6.45) is 2.11. The lowest BCUT2D eigenvalue weighted by atomic mass is 9.87. The lowest BCUT2D eigenvalue weighted by Crippen LogP contribution is -2.38. The van der Waals surface area contributed by atoms with Gasteiger partial charge in [0.1, 0.15) is 5.75 Å². The second-order valence-corrected chi connectivity index (χ2v) is 7.13. The van der Waals surface area contributed by atoms with E-state index in [-0.39, 0.29) is 16.9 Å². The molecule has 1 saturated carbocycles. The maximum absolute atomic E-state index is 12.3. The third-order valence-electron chi connectivity index (χ3n) is 3.84. The predicted molar refractivity (Wildman–Crippen MR) is 81.3 cm³/mol. The highest BCUT2D eigenvalue weighted by atomic mass is 32.2. The van der Waals surface area contributed by atoms with E-state index in [4.69, 9.17) is 9.84 Å². The van der Waals surface area contributed by atoms with Crippen molar-refractivity contribution in [1.82, 2.24) is 4.72 Å². The Morgan fingerprint density at radius 1 is 1.23 bits per heavy atom. The number of ether oxygens (including phenoxy) is 1. The number of sulfonamides is 1. The molecule has 0 amide bonds. The van der Waals surface area contributed by atoms with E-state index in [1.54, 1.807) is 12.1 Å². The smallest absolute Gasteiger partial charge is 0.306 e. The number of carbonyl (C=O) groups is 1. The Morgan fingerprint density at radius 3 is 2.32 bits per heavy atom. The molecule has 122 valence electrons. The van der Waals surface area contributed by atoms with Gasteiger partial charge in [-0.25, -0.2) is 13.1 Å². The van der Waals surface area contributed by atoms with E-state index in [0.717, 1.165) is 0 Å². The van der Waals surface area contributed by atoms with Gasteiger partial charge < -0.3 is 9.84 Å². The summed E-state index contributed by atoms with van der Waals surface area (Å²) in [7, 11) is -3.58. The first-order chi connectivity index (χ1) is 10.4. The van der Waals surface area contributed by atoms with Crippen molar-refractivity contribution in [1.29, 1.82) is 0 Å². The molecule has 22 heavy (non-hydrogen) atoms. The minimum atomic E-state index is -3.58. The Hall–Kier alpha value is -1.60. The summed E-state index contributed by atoms with van der Waals surface area (Å²) in [6, 6.07) is 6.07. The van der Waals surface area contributed by atoms with Crippen LogP contribution < -0.4 is 9.46 Å². The van der Waals surface area contributed by atoms with Crippen LogP contribution in [0.15, 0.2) is 29.2 Å². The van der Waals surface area contributed by atoms with Crippen molar-refractivity contribution in [2.75, 3.05) is 6.61 Å². The lowest BCUT2D eigenvalue weighted by molar-refractivity contribution is -0.142. The topological polar surface area (TPSA) is 92.7 Å². The summed E-state index contributed by atoms with van der Waals surface area (Å²) in [5, 5.41) is 8.95. The number of hydrogen-bond acceptors (Lipinski definition) is 4. The average molecular weight is 327 g/mol. The molecule has 0 radical (unpaired) electrons. The first kappa shape index (κ1) is 16.8. The summed E-state index contributed by atoms with van der Waals surface area (Å²) in [6.45, 7) is 2.39. The Balaban J connectivity index is 1.98. The minimum Gasteiger partial charge on any atom is -0.494 e. The number of carboxylic acids is 1. The van der Waals surface area contributed by atoms with Gasteiger partial charge in [-0.1, -0.05) is 0 Å². The first-order valence-corrected chi connectivity index (χ1v) is 8.88. The van der Waals surface area contributed by atoms with Gasteiger partial charge in [0, 0.05) is 6.04 Å². The van der Waals surface area contributed by atoms with Crippen LogP contribution in [0.25, 0.3) is 0 Å². The van der Waals surface area contributed by atoms with E-state index in [0.29, 0.717) is 38.0 Å². The fourth-order valence-electron chi connectivity index (χ4n) is 2.63. The molecule has 0 spiro atoms. The van der Waals surface area contributed by atoms with Gasteiger partial charge in [0.2, 0.25) is 10.0 Å². The largest absolute Gasteiger partial charge is 0.494 e. The molecule has 1 aliphatic carbocycles. The van der Waals surface area contributed by atoms with Crippen LogP contribution in [0.3, 0.4) is 0 Å². The van der Waals surface area contributed by atoms with E-state index in [2.05, 4.69) is 4.72 Å². The van der Waals surface area contributed by atoms with Crippen LogP contribution in [-0.2, 0) is 14.8 Å². The number of benzene rings is 1. The molecule has 0 aliphatic heterocycles. The fraction of sp³-hybridized carbons (Fsp3) is 0.533. The number of aliphatic carboxylic acids is 1. The molecule has 1 fully saturated rings. The third-order valence-corrected chi connectivity index (χ3v) is 5.38. The second kappa shape index (κ2) is 7.11. The summed E-state index contributed by atoms with van der Waals surface area (Å²) >= 11 is 0. The summed E-state index contributed by atoms with van der Waals surface area (Å²) in [4.78, 5) is 11.1. The van der Waals surface area contributed by atoms with Crippen LogP contribution in [0.2, 0.25) is 0 Å². The molecule has 6 nitrogen and oxygen atoms in total. The number of carboxylic acid groups (broad SMARTS) is 1. The summed E-state index contributed by atoms with van der Waals surface area (Å²) < 4.78 is 32.6. The standard InChI is InChI=1S/C15H21NO5S/c1-2-21-13-7-9-14(10-8-13)22(19,20)16-12-5-3-11(4-6-12)15(17)18/h7-12,16H,2-6H2,1H3,(H,17,18). The molecule has 1 aliphatic rings. The normalized spacial score (nSPS) is 22.2. The first-order valence-electron chi connectivity index (χ1n) is 7.40. The minimum absolute atomic E-state index is 0.191. The van der Waals surface area contributed by atoms with Gasteiger partial charge in [0.25, 0.3) is 0 Å². The molecule has 0 aromatic heterocycles. The maximum Gasteiger partial charge on any atom is 0.306 e. The molecule has 2 N–H and O–H groups in total. The molecule has 1 aromatic rings. The monoisotopic (exact) mass is 327 g/mol. The summed E-state index contributed by atoms with van der Waals surface area (Å²) in [5.41, 5.74) is 0. The van der Waals surface area contributed by atoms with Crippen LogP contribution in [0.5, 0.6) is 5.75 Å². The van der Waals surface area contributed by atoms with Gasteiger partial charge in [0.15, 0.2) is 0 Å². The fourth-order valence-corrected chi connectivity index (χ4v) is 3.93. The second-order valence-electron chi connectivity index (χ2n) is 5.41. The van der Waals surface area contributed by atoms with E-state index in [1.807, 2.05) is 6.92 Å². The molecule has 1 aromatic carbocycles. The predicted octanol–water partition coefficient (Wildman–Crippen LogP) is 2.01. The lowest BCUT2D eigenvalue weighted by Gasteiger charge is -2.26. The van der Waals surface area contributed by atoms with Crippen molar-refractivity contribution >= 4 is 16.0 Å². The van der Waals surface area contributed by atoms with E-state index in [1.165, 1.54) is 12.1 Å². The molecule has 0 heterocycles. The maximum atomic E-state index is 12.3. The zero-order valence-electron chi connectivity index (χ0n) is 12.5. The highest BCUT2D eigenvalue weighted by Crippen LogP contribution is 2.26. The SMILES string of the molecule is CCOc1ccc(S(=O)(=O)NC2CCC(C(=O)O)CC2)cc1. The molecule has 2 rings (SSSR count). The van der Waals surface area contributed by atoms with E-state index < -0.39 is 16.0 Å². The third kappa shape index (κ3) is 4.20. The molecular weight excluding hydrogens is 306 g/mol. The molecule has 7 heteroatoms. The van der Waals surface area contributed by atoms with Crippen LogP contribution in [-0.4, -0.2) is 32.1 Å². The molecule has 0 saturated heterocycles. The number of nitrogens with one attached hydrogen (secondary N) is 1.